The minimum Gasteiger partial charge on any atom is -0.321 e. The second-order valence-corrected chi connectivity index (χ2v) is 7.66. The smallest absolute Gasteiger partial charge is 0.277 e. The van der Waals surface area contributed by atoms with Crippen LogP contribution in [0.1, 0.15) is 48.6 Å². The van der Waals surface area contributed by atoms with E-state index in [0.29, 0.717) is 27.5 Å². The third-order valence-corrected chi connectivity index (χ3v) is 5.44. The van der Waals surface area contributed by atoms with Crippen LogP contribution >= 0.6 is 23.1 Å². The second kappa shape index (κ2) is 7.51. The molecule has 0 unspecified atom stereocenters. The molecular weight excluding hydrogens is 372 g/mol. The van der Waals surface area contributed by atoms with E-state index in [2.05, 4.69) is 25.2 Å². The van der Waals surface area contributed by atoms with Gasteiger partial charge < -0.3 is 5.32 Å². The Hall–Kier alpha value is -2.32. The molecule has 2 aromatic heterocycles. The standard InChI is InChI=1S/C17H17ClN6OS/c18-16-15(21-23-26-16)11-5-4-6-12(9-11)19-17(25)14-10-24(22-20-14)13-7-2-1-3-8-13/h4-6,9-10,13H,1-3,7-8H2,(H,19,25). The molecular formula is C17H17ClN6OS. The lowest BCUT2D eigenvalue weighted by molar-refractivity contribution is 0.102. The van der Waals surface area contributed by atoms with Crippen LogP contribution in [-0.2, 0) is 0 Å². The van der Waals surface area contributed by atoms with Crippen LogP contribution in [0.2, 0.25) is 4.34 Å². The SMILES string of the molecule is O=C(Nc1cccc(-c2nnsc2Cl)c1)c1cn(C2CCCCC2)nn1. The van der Waals surface area contributed by atoms with Crippen molar-refractivity contribution in [2.75, 3.05) is 5.32 Å². The van der Waals surface area contributed by atoms with Crippen molar-refractivity contribution in [2.45, 2.75) is 38.1 Å². The second-order valence-electron chi connectivity index (χ2n) is 6.31. The van der Waals surface area contributed by atoms with Gasteiger partial charge in [0.05, 0.1) is 12.2 Å². The molecule has 0 atom stereocenters. The molecule has 4 rings (SSSR count). The van der Waals surface area contributed by atoms with Gasteiger partial charge >= 0.3 is 0 Å². The maximum atomic E-state index is 12.5. The van der Waals surface area contributed by atoms with Crippen LogP contribution in [0.25, 0.3) is 11.3 Å². The highest BCUT2D eigenvalue weighted by Gasteiger charge is 2.19. The van der Waals surface area contributed by atoms with E-state index in [9.17, 15) is 4.79 Å². The van der Waals surface area contributed by atoms with Gasteiger partial charge in [0.1, 0.15) is 10.0 Å². The molecule has 0 bridgehead atoms. The molecule has 0 aliphatic heterocycles. The minimum atomic E-state index is -0.285. The number of carbonyl (C=O) groups is 1. The highest BCUT2D eigenvalue weighted by molar-refractivity contribution is 7.10. The van der Waals surface area contributed by atoms with Gasteiger partial charge in [-0.2, -0.15) is 0 Å². The number of hydrogen-bond acceptors (Lipinski definition) is 6. The first-order valence-electron chi connectivity index (χ1n) is 8.52. The van der Waals surface area contributed by atoms with Gasteiger partial charge in [0, 0.05) is 22.8 Å². The Balaban J connectivity index is 1.48. The summed E-state index contributed by atoms with van der Waals surface area (Å²) in [5, 5.41) is 15.0. The largest absolute Gasteiger partial charge is 0.321 e. The van der Waals surface area contributed by atoms with E-state index in [1.54, 1.807) is 12.3 Å². The predicted octanol–water partition coefficient (Wildman–Crippen LogP) is 4.21. The number of rotatable bonds is 4. The Bertz CT molecular complexity index is 917. The van der Waals surface area contributed by atoms with Crippen molar-refractivity contribution in [3.63, 3.8) is 0 Å². The van der Waals surface area contributed by atoms with Crippen molar-refractivity contribution in [1.82, 2.24) is 24.6 Å². The maximum absolute atomic E-state index is 12.5. The number of amides is 1. The van der Waals surface area contributed by atoms with Crippen molar-refractivity contribution in [2.24, 2.45) is 0 Å². The average molecular weight is 389 g/mol. The van der Waals surface area contributed by atoms with Gasteiger partial charge in [-0.15, -0.1) is 10.2 Å². The van der Waals surface area contributed by atoms with Gasteiger partial charge in [0.15, 0.2) is 5.69 Å². The molecule has 26 heavy (non-hydrogen) atoms. The van der Waals surface area contributed by atoms with Crippen LogP contribution < -0.4 is 5.32 Å². The summed E-state index contributed by atoms with van der Waals surface area (Å²) in [6.45, 7) is 0. The van der Waals surface area contributed by atoms with E-state index in [0.717, 1.165) is 29.9 Å². The van der Waals surface area contributed by atoms with Gasteiger partial charge in [-0.1, -0.05) is 52.7 Å². The molecule has 1 aromatic carbocycles. The Morgan fingerprint density at radius 1 is 1.23 bits per heavy atom. The van der Waals surface area contributed by atoms with E-state index in [4.69, 9.17) is 11.6 Å². The van der Waals surface area contributed by atoms with Gasteiger partial charge in [-0.25, -0.2) is 4.68 Å². The molecule has 0 radical (unpaired) electrons. The predicted molar refractivity (Wildman–Crippen MR) is 100 cm³/mol. The van der Waals surface area contributed by atoms with Crippen molar-refractivity contribution in [3.8, 4) is 11.3 Å². The van der Waals surface area contributed by atoms with E-state index < -0.39 is 0 Å². The fourth-order valence-electron chi connectivity index (χ4n) is 3.20. The molecule has 3 aromatic rings. The lowest BCUT2D eigenvalue weighted by atomic mass is 9.96. The molecule has 9 heteroatoms. The lowest BCUT2D eigenvalue weighted by Gasteiger charge is -2.20. The topological polar surface area (TPSA) is 85.6 Å². The molecule has 1 N–H and O–H groups in total. The number of aromatic nitrogens is 5. The molecule has 0 spiro atoms. The van der Waals surface area contributed by atoms with Crippen LogP contribution in [0.3, 0.4) is 0 Å². The summed E-state index contributed by atoms with van der Waals surface area (Å²) in [6.07, 6.45) is 7.59. The number of benzene rings is 1. The number of nitrogens with one attached hydrogen (secondary N) is 1. The molecule has 1 aliphatic rings. The van der Waals surface area contributed by atoms with Crippen LogP contribution in [0, 0.1) is 0 Å². The van der Waals surface area contributed by atoms with E-state index >= 15 is 0 Å². The molecule has 0 saturated heterocycles. The lowest BCUT2D eigenvalue weighted by Crippen LogP contribution is -2.14. The van der Waals surface area contributed by atoms with Crippen molar-refractivity contribution in [3.05, 3.63) is 40.5 Å². The molecule has 134 valence electrons. The number of anilines is 1. The fraction of sp³-hybridized carbons (Fsp3) is 0.353. The van der Waals surface area contributed by atoms with E-state index in [-0.39, 0.29) is 5.91 Å². The quantitative estimate of drug-likeness (QED) is 0.723. The summed E-state index contributed by atoms with van der Waals surface area (Å²) in [4.78, 5) is 12.5. The highest BCUT2D eigenvalue weighted by atomic mass is 35.5. The molecule has 2 heterocycles. The molecule has 1 saturated carbocycles. The van der Waals surface area contributed by atoms with E-state index in [1.807, 2.05) is 22.9 Å². The minimum absolute atomic E-state index is 0.285. The number of nitrogens with zero attached hydrogens (tertiary/aromatic N) is 5. The van der Waals surface area contributed by atoms with Crippen LogP contribution in [-0.4, -0.2) is 30.5 Å². The summed E-state index contributed by atoms with van der Waals surface area (Å²) in [5.74, 6) is -0.285. The summed E-state index contributed by atoms with van der Waals surface area (Å²) in [7, 11) is 0. The third kappa shape index (κ3) is 3.61. The first-order valence-corrected chi connectivity index (χ1v) is 9.67. The Morgan fingerprint density at radius 2 is 2.08 bits per heavy atom. The monoisotopic (exact) mass is 388 g/mol. The number of hydrogen-bond donors (Lipinski definition) is 1. The summed E-state index contributed by atoms with van der Waals surface area (Å²) >= 11 is 7.22. The highest BCUT2D eigenvalue weighted by Crippen LogP contribution is 2.30. The van der Waals surface area contributed by atoms with Crippen LogP contribution in [0.4, 0.5) is 5.69 Å². The van der Waals surface area contributed by atoms with Crippen molar-refractivity contribution < 1.29 is 4.79 Å². The van der Waals surface area contributed by atoms with Crippen LogP contribution in [0.15, 0.2) is 30.5 Å². The van der Waals surface area contributed by atoms with Gasteiger partial charge in [0.2, 0.25) is 0 Å². The molecule has 7 nitrogen and oxygen atoms in total. The first-order chi connectivity index (χ1) is 12.7. The average Bonchev–Trinajstić information content (AvgIpc) is 3.32. The first kappa shape index (κ1) is 17.1. The molecule has 1 fully saturated rings. The van der Waals surface area contributed by atoms with E-state index in [1.165, 1.54) is 19.3 Å². The Kier molecular flexibility index (Phi) is 4.94. The Labute approximate surface area is 159 Å². The van der Waals surface area contributed by atoms with Gasteiger partial charge in [-0.3, -0.25) is 4.79 Å². The van der Waals surface area contributed by atoms with Gasteiger partial charge in [0.25, 0.3) is 5.91 Å². The normalized spacial score (nSPS) is 15.1. The number of halogens is 1. The Morgan fingerprint density at radius 3 is 2.85 bits per heavy atom. The summed E-state index contributed by atoms with van der Waals surface area (Å²) in [5.41, 5.74) is 2.36. The summed E-state index contributed by atoms with van der Waals surface area (Å²) < 4.78 is 6.18. The zero-order valence-electron chi connectivity index (χ0n) is 13.9. The third-order valence-electron chi connectivity index (χ3n) is 4.53. The molecule has 1 aliphatic carbocycles. The summed E-state index contributed by atoms with van der Waals surface area (Å²) in [6, 6.07) is 7.67. The fourth-order valence-corrected chi connectivity index (χ4v) is 3.87. The number of carbonyl (C=O) groups excluding carboxylic acids is 1. The zero-order chi connectivity index (χ0) is 17.9. The maximum Gasteiger partial charge on any atom is 0.277 e. The van der Waals surface area contributed by atoms with Crippen LogP contribution in [0.5, 0.6) is 0 Å². The molecule has 1 amide bonds. The van der Waals surface area contributed by atoms with Crippen molar-refractivity contribution >= 4 is 34.7 Å². The zero-order valence-corrected chi connectivity index (χ0v) is 15.5. The van der Waals surface area contributed by atoms with Gasteiger partial charge in [-0.05, 0) is 25.0 Å². The van der Waals surface area contributed by atoms with Crippen molar-refractivity contribution in [1.29, 1.82) is 0 Å².